The molecule has 0 aromatic carbocycles. The van der Waals surface area contributed by atoms with Crippen molar-refractivity contribution in [2.45, 2.75) is 20.8 Å². The van der Waals surface area contributed by atoms with E-state index in [1.807, 2.05) is 13.0 Å². The molecule has 0 fully saturated rings. The Morgan fingerprint density at radius 1 is 1.31 bits per heavy atom. The molecule has 1 heterocycles. The van der Waals surface area contributed by atoms with Gasteiger partial charge in [0.1, 0.15) is 4.60 Å². The second-order valence-corrected chi connectivity index (χ2v) is 3.62. The maximum absolute atomic E-state index is 4.36. The van der Waals surface area contributed by atoms with Crippen molar-refractivity contribution in [3.05, 3.63) is 16.4 Å². The van der Waals surface area contributed by atoms with Crippen LogP contribution in [0.15, 0.2) is 10.7 Å². The first-order valence-electron chi connectivity index (χ1n) is 4.43. The molecule has 0 atom stereocenters. The quantitative estimate of drug-likeness (QED) is 0.764. The van der Waals surface area contributed by atoms with Gasteiger partial charge in [0.2, 0.25) is 5.95 Å². The Morgan fingerprint density at radius 3 is 2.38 bits per heavy atom. The van der Waals surface area contributed by atoms with Gasteiger partial charge in [-0.25, -0.2) is 9.97 Å². The van der Waals surface area contributed by atoms with Crippen molar-refractivity contribution >= 4 is 21.9 Å². The van der Waals surface area contributed by atoms with Gasteiger partial charge in [0.25, 0.3) is 0 Å². The SMILES string of the molecule is CCN(CC)c1nc(C)cc(Br)n1. The molecule has 0 amide bonds. The largest absolute Gasteiger partial charge is 0.341 e. The molecule has 0 N–H and O–H groups in total. The molecule has 3 nitrogen and oxygen atoms in total. The third-order valence-electron chi connectivity index (χ3n) is 1.86. The van der Waals surface area contributed by atoms with Gasteiger partial charge in [-0.15, -0.1) is 0 Å². The van der Waals surface area contributed by atoms with E-state index in [2.05, 4.69) is 44.6 Å². The molecule has 0 saturated heterocycles. The molecule has 0 unspecified atom stereocenters. The minimum Gasteiger partial charge on any atom is -0.341 e. The summed E-state index contributed by atoms with van der Waals surface area (Å²) in [7, 11) is 0. The van der Waals surface area contributed by atoms with Gasteiger partial charge in [0.15, 0.2) is 0 Å². The second kappa shape index (κ2) is 4.56. The van der Waals surface area contributed by atoms with Crippen molar-refractivity contribution in [3.63, 3.8) is 0 Å². The van der Waals surface area contributed by atoms with Gasteiger partial charge in [-0.05, 0) is 42.8 Å². The lowest BCUT2D eigenvalue weighted by Crippen LogP contribution is -2.24. The lowest BCUT2D eigenvalue weighted by atomic mass is 10.4. The van der Waals surface area contributed by atoms with Crippen molar-refractivity contribution in [3.8, 4) is 0 Å². The molecule has 0 saturated carbocycles. The minimum atomic E-state index is 0.803. The molecule has 1 aromatic rings. The Labute approximate surface area is 87.3 Å². The average molecular weight is 244 g/mol. The van der Waals surface area contributed by atoms with Crippen LogP contribution in [0.5, 0.6) is 0 Å². The normalized spacial score (nSPS) is 10.2. The Hall–Kier alpha value is -0.640. The summed E-state index contributed by atoms with van der Waals surface area (Å²) in [5, 5.41) is 0. The molecule has 72 valence electrons. The van der Waals surface area contributed by atoms with Crippen molar-refractivity contribution in [2.24, 2.45) is 0 Å². The Bertz CT molecular complexity index is 264. The van der Waals surface area contributed by atoms with Crippen molar-refractivity contribution in [2.75, 3.05) is 18.0 Å². The molecule has 0 spiro atoms. The van der Waals surface area contributed by atoms with Crippen molar-refractivity contribution in [1.82, 2.24) is 9.97 Å². The van der Waals surface area contributed by atoms with Crippen LogP contribution in [0.4, 0.5) is 5.95 Å². The molecular formula is C9H14BrN3. The highest BCUT2D eigenvalue weighted by molar-refractivity contribution is 9.10. The van der Waals surface area contributed by atoms with Crippen molar-refractivity contribution < 1.29 is 0 Å². The number of aryl methyl sites for hydroxylation is 1. The number of halogens is 1. The number of hydrogen-bond donors (Lipinski definition) is 0. The van der Waals surface area contributed by atoms with E-state index in [4.69, 9.17) is 0 Å². The summed E-state index contributed by atoms with van der Waals surface area (Å²) >= 11 is 3.36. The smallest absolute Gasteiger partial charge is 0.226 e. The van der Waals surface area contributed by atoms with E-state index < -0.39 is 0 Å². The number of anilines is 1. The van der Waals surface area contributed by atoms with Crippen LogP contribution in [0, 0.1) is 6.92 Å². The van der Waals surface area contributed by atoms with Crippen LogP contribution >= 0.6 is 15.9 Å². The number of rotatable bonds is 3. The second-order valence-electron chi connectivity index (χ2n) is 2.80. The van der Waals surface area contributed by atoms with E-state index >= 15 is 0 Å². The maximum atomic E-state index is 4.36. The fourth-order valence-electron chi connectivity index (χ4n) is 1.16. The molecule has 1 aromatic heterocycles. The van der Waals surface area contributed by atoms with E-state index in [9.17, 15) is 0 Å². The number of aromatic nitrogens is 2. The first-order valence-corrected chi connectivity index (χ1v) is 5.22. The topological polar surface area (TPSA) is 29.0 Å². The summed E-state index contributed by atoms with van der Waals surface area (Å²) in [6.07, 6.45) is 0. The van der Waals surface area contributed by atoms with Crippen molar-refractivity contribution in [1.29, 1.82) is 0 Å². The molecule has 1 rings (SSSR count). The third-order valence-corrected chi connectivity index (χ3v) is 2.26. The molecule has 0 radical (unpaired) electrons. The summed E-state index contributed by atoms with van der Waals surface area (Å²) < 4.78 is 0.849. The fourth-order valence-corrected chi connectivity index (χ4v) is 1.65. The molecule has 0 bridgehead atoms. The third kappa shape index (κ3) is 2.66. The Morgan fingerprint density at radius 2 is 1.92 bits per heavy atom. The van der Waals surface area contributed by atoms with E-state index in [-0.39, 0.29) is 0 Å². The predicted octanol–water partition coefficient (Wildman–Crippen LogP) is 2.39. The first kappa shape index (κ1) is 10.4. The lowest BCUT2D eigenvalue weighted by molar-refractivity contribution is 0.813. The average Bonchev–Trinajstić information content (AvgIpc) is 2.04. The Balaban J connectivity index is 2.99. The maximum Gasteiger partial charge on any atom is 0.226 e. The van der Waals surface area contributed by atoms with Gasteiger partial charge in [0, 0.05) is 18.8 Å². The van der Waals surface area contributed by atoms with Crippen LogP contribution in [-0.2, 0) is 0 Å². The van der Waals surface area contributed by atoms with Crippen LogP contribution in [0.2, 0.25) is 0 Å². The first-order chi connectivity index (χ1) is 6.17. The zero-order chi connectivity index (χ0) is 9.84. The van der Waals surface area contributed by atoms with E-state index in [1.165, 1.54) is 0 Å². The number of nitrogens with zero attached hydrogens (tertiary/aromatic N) is 3. The summed E-state index contributed by atoms with van der Waals surface area (Å²) in [5.41, 5.74) is 0.990. The van der Waals surface area contributed by atoms with Crippen LogP contribution < -0.4 is 4.90 Å². The van der Waals surface area contributed by atoms with E-state index in [0.717, 1.165) is 29.3 Å². The molecule has 4 heteroatoms. The molecule has 0 aliphatic carbocycles. The molecule has 13 heavy (non-hydrogen) atoms. The highest BCUT2D eigenvalue weighted by atomic mass is 79.9. The summed E-state index contributed by atoms with van der Waals surface area (Å²) in [6.45, 7) is 8.05. The summed E-state index contributed by atoms with van der Waals surface area (Å²) in [6, 6.07) is 1.91. The molecule has 0 aliphatic heterocycles. The highest BCUT2D eigenvalue weighted by Gasteiger charge is 2.05. The van der Waals surface area contributed by atoms with Gasteiger partial charge >= 0.3 is 0 Å². The van der Waals surface area contributed by atoms with Gasteiger partial charge in [0.05, 0.1) is 0 Å². The standard InChI is InChI=1S/C9H14BrN3/c1-4-13(5-2)9-11-7(3)6-8(10)12-9/h6H,4-5H2,1-3H3. The minimum absolute atomic E-state index is 0.803. The van der Waals surface area contributed by atoms with Gasteiger partial charge in [-0.3, -0.25) is 0 Å². The highest BCUT2D eigenvalue weighted by Crippen LogP contribution is 2.13. The van der Waals surface area contributed by atoms with Gasteiger partial charge < -0.3 is 4.90 Å². The monoisotopic (exact) mass is 243 g/mol. The fraction of sp³-hybridized carbons (Fsp3) is 0.556. The van der Waals surface area contributed by atoms with E-state index in [0.29, 0.717) is 0 Å². The Kier molecular flexibility index (Phi) is 3.66. The van der Waals surface area contributed by atoms with Gasteiger partial charge in [-0.2, -0.15) is 0 Å². The molecule has 0 aliphatic rings. The van der Waals surface area contributed by atoms with Crippen LogP contribution in [0.25, 0.3) is 0 Å². The number of hydrogen-bond acceptors (Lipinski definition) is 3. The van der Waals surface area contributed by atoms with Crippen LogP contribution in [-0.4, -0.2) is 23.1 Å². The summed E-state index contributed by atoms with van der Waals surface area (Å²) in [5.74, 6) is 0.803. The zero-order valence-electron chi connectivity index (χ0n) is 8.21. The predicted molar refractivity (Wildman–Crippen MR) is 58.0 cm³/mol. The van der Waals surface area contributed by atoms with Crippen LogP contribution in [0.3, 0.4) is 0 Å². The van der Waals surface area contributed by atoms with Crippen LogP contribution in [0.1, 0.15) is 19.5 Å². The van der Waals surface area contributed by atoms with E-state index in [1.54, 1.807) is 0 Å². The summed E-state index contributed by atoms with van der Waals surface area (Å²) in [4.78, 5) is 10.8. The zero-order valence-corrected chi connectivity index (χ0v) is 9.80. The lowest BCUT2D eigenvalue weighted by Gasteiger charge is -2.18. The molecular weight excluding hydrogens is 230 g/mol. The van der Waals surface area contributed by atoms with Gasteiger partial charge in [-0.1, -0.05) is 0 Å².